The van der Waals surface area contributed by atoms with E-state index in [0.29, 0.717) is 23.4 Å². The SMILES string of the molecule is CCN1C(=O)CC(c2ccc(F)cc2)/C(=C(/N)CBr)C1=Nc1ccccc1. The molecule has 0 aromatic heterocycles. The first-order valence-corrected chi connectivity index (χ1v) is 9.91. The molecule has 0 aliphatic carbocycles. The first-order chi connectivity index (χ1) is 13.0. The normalized spacial score (nSPS) is 20.9. The monoisotopic (exact) mass is 429 g/mol. The lowest BCUT2D eigenvalue weighted by atomic mass is 9.82. The number of rotatable bonds is 4. The van der Waals surface area contributed by atoms with Gasteiger partial charge in [-0.3, -0.25) is 9.69 Å². The largest absolute Gasteiger partial charge is 0.401 e. The Morgan fingerprint density at radius 3 is 2.48 bits per heavy atom. The Morgan fingerprint density at radius 2 is 1.89 bits per heavy atom. The van der Waals surface area contributed by atoms with Crippen LogP contribution in [0, 0.1) is 5.82 Å². The number of benzene rings is 2. The Kier molecular flexibility index (Phi) is 6.06. The molecule has 1 fully saturated rings. The minimum atomic E-state index is -0.312. The fraction of sp³-hybridized carbons (Fsp3) is 0.238. The quantitative estimate of drug-likeness (QED) is 0.727. The Labute approximate surface area is 166 Å². The molecule has 140 valence electrons. The van der Waals surface area contributed by atoms with E-state index in [9.17, 15) is 9.18 Å². The van der Waals surface area contributed by atoms with Crippen molar-refractivity contribution in [2.45, 2.75) is 19.3 Å². The van der Waals surface area contributed by atoms with Gasteiger partial charge in [0.05, 0.1) is 5.69 Å². The standard InChI is InChI=1S/C21H21BrFN3O/c1-2-26-19(27)12-17(14-8-10-15(23)11-9-14)20(18(24)13-22)21(26)25-16-6-4-3-5-7-16/h3-11,17H,2,12-13,24H2,1H3/b20-18-,25-21?. The van der Waals surface area contributed by atoms with Crippen molar-refractivity contribution < 1.29 is 9.18 Å². The number of aliphatic imine (C=N–C) groups is 1. The highest BCUT2D eigenvalue weighted by molar-refractivity contribution is 9.09. The van der Waals surface area contributed by atoms with Gasteiger partial charge in [-0.2, -0.15) is 0 Å². The maximum atomic E-state index is 13.4. The van der Waals surface area contributed by atoms with Crippen LogP contribution in [0.2, 0.25) is 0 Å². The van der Waals surface area contributed by atoms with Crippen LogP contribution in [0.25, 0.3) is 0 Å². The number of carbonyl (C=O) groups is 1. The summed E-state index contributed by atoms with van der Waals surface area (Å²) in [5.41, 5.74) is 9.37. The van der Waals surface area contributed by atoms with E-state index in [1.165, 1.54) is 12.1 Å². The lowest BCUT2D eigenvalue weighted by Crippen LogP contribution is -2.45. The molecule has 2 aromatic carbocycles. The Balaban J connectivity index is 2.18. The van der Waals surface area contributed by atoms with Gasteiger partial charge in [0.2, 0.25) is 5.91 Å². The minimum absolute atomic E-state index is 0.0207. The number of alkyl halides is 1. The third-order valence-corrected chi connectivity index (χ3v) is 5.20. The number of carbonyl (C=O) groups excluding carboxylic acids is 1. The fourth-order valence-corrected chi connectivity index (χ4v) is 3.60. The average Bonchev–Trinajstić information content (AvgIpc) is 2.68. The predicted molar refractivity (Wildman–Crippen MR) is 110 cm³/mol. The maximum Gasteiger partial charge on any atom is 0.229 e. The van der Waals surface area contributed by atoms with E-state index < -0.39 is 0 Å². The van der Waals surface area contributed by atoms with E-state index in [1.54, 1.807) is 17.0 Å². The molecule has 6 heteroatoms. The third-order valence-electron chi connectivity index (χ3n) is 4.59. The highest BCUT2D eigenvalue weighted by Crippen LogP contribution is 2.37. The number of amides is 1. The van der Waals surface area contributed by atoms with Crippen molar-refractivity contribution in [3.63, 3.8) is 0 Å². The number of likely N-dealkylation sites (tertiary alicyclic amines) is 1. The van der Waals surface area contributed by atoms with Crippen LogP contribution in [0.4, 0.5) is 10.1 Å². The molecule has 1 saturated heterocycles. The molecule has 1 aliphatic heterocycles. The van der Waals surface area contributed by atoms with E-state index in [4.69, 9.17) is 10.7 Å². The summed E-state index contributed by atoms with van der Waals surface area (Å²) in [5, 5.41) is 0.458. The molecule has 2 aromatic rings. The summed E-state index contributed by atoms with van der Waals surface area (Å²) < 4.78 is 13.4. The van der Waals surface area contributed by atoms with Crippen LogP contribution >= 0.6 is 15.9 Å². The summed E-state index contributed by atoms with van der Waals surface area (Å²) in [6, 6.07) is 15.7. The summed E-state index contributed by atoms with van der Waals surface area (Å²) in [5.74, 6) is -0.0343. The number of halogens is 2. The van der Waals surface area contributed by atoms with Gasteiger partial charge in [-0.05, 0) is 36.8 Å². The zero-order chi connectivity index (χ0) is 19.4. The molecule has 27 heavy (non-hydrogen) atoms. The Morgan fingerprint density at radius 1 is 1.22 bits per heavy atom. The van der Waals surface area contributed by atoms with Gasteiger partial charge in [0, 0.05) is 35.5 Å². The molecule has 1 amide bonds. The van der Waals surface area contributed by atoms with Crippen LogP contribution < -0.4 is 5.73 Å². The number of amidine groups is 1. The van der Waals surface area contributed by atoms with Crippen molar-refractivity contribution in [1.29, 1.82) is 0 Å². The predicted octanol–water partition coefficient (Wildman–Crippen LogP) is 4.50. The first-order valence-electron chi connectivity index (χ1n) is 8.79. The van der Waals surface area contributed by atoms with E-state index >= 15 is 0 Å². The van der Waals surface area contributed by atoms with Gasteiger partial charge in [0.25, 0.3) is 0 Å². The fourth-order valence-electron chi connectivity index (χ4n) is 3.30. The highest BCUT2D eigenvalue weighted by atomic mass is 79.9. The average molecular weight is 430 g/mol. The van der Waals surface area contributed by atoms with E-state index in [0.717, 1.165) is 16.8 Å². The van der Waals surface area contributed by atoms with Crippen molar-refractivity contribution >= 4 is 33.4 Å². The molecule has 3 rings (SSSR count). The number of hydrogen-bond acceptors (Lipinski definition) is 3. The molecule has 1 heterocycles. The van der Waals surface area contributed by atoms with Crippen molar-refractivity contribution in [3.05, 3.63) is 77.2 Å². The molecule has 1 unspecified atom stereocenters. The number of nitrogens with zero attached hydrogens (tertiary/aromatic N) is 2. The zero-order valence-electron chi connectivity index (χ0n) is 15.0. The second-order valence-electron chi connectivity index (χ2n) is 6.29. The molecule has 1 atom stereocenters. The number of likely N-dealkylation sites (N-methyl/N-ethyl adjacent to an activating group) is 1. The second-order valence-corrected chi connectivity index (χ2v) is 6.85. The van der Waals surface area contributed by atoms with Gasteiger partial charge in [0.1, 0.15) is 11.7 Å². The smallest absolute Gasteiger partial charge is 0.229 e. The lowest BCUT2D eigenvalue weighted by molar-refractivity contribution is -0.128. The molecule has 0 saturated carbocycles. The van der Waals surface area contributed by atoms with Gasteiger partial charge < -0.3 is 5.73 Å². The van der Waals surface area contributed by atoms with Gasteiger partial charge in [-0.15, -0.1) is 0 Å². The van der Waals surface area contributed by atoms with Crippen LogP contribution in [0.15, 0.2) is 70.9 Å². The number of piperidine rings is 1. The molecule has 0 bridgehead atoms. The summed E-state index contributed by atoms with van der Waals surface area (Å²) in [6.45, 7) is 2.41. The third kappa shape index (κ3) is 4.11. The molecular formula is C21H21BrFN3O. The number of allylic oxidation sites excluding steroid dienone is 1. The second kappa shape index (κ2) is 8.48. The van der Waals surface area contributed by atoms with Crippen molar-refractivity contribution in [2.75, 3.05) is 11.9 Å². The molecular weight excluding hydrogens is 409 g/mol. The maximum absolute atomic E-state index is 13.4. The van der Waals surface area contributed by atoms with E-state index in [1.807, 2.05) is 37.3 Å². The van der Waals surface area contributed by atoms with Crippen LogP contribution in [-0.2, 0) is 4.79 Å². The Hall–Kier alpha value is -2.47. The number of para-hydroxylation sites is 1. The van der Waals surface area contributed by atoms with Gasteiger partial charge >= 0.3 is 0 Å². The van der Waals surface area contributed by atoms with Crippen LogP contribution in [-0.4, -0.2) is 28.5 Å². The summed E-state index contributed by atoms with van der Waals surface area (Å²) in [6.07, 6.45) is 0.274. The molecule has 0 radical (unpaired) electrons. The topological polar surface area (TPSA) is 58.7 Å². The first kappa shape index (κ1) is 19.3. The summed E-state index contributed by atoms with van der Waals surface area (Å²) in [7, 11) is 0. The minimum Gasteiger partial charge on any atom is -0.401 e. The van der Waals surface area contributed by atoms with Gasteiger partial charge in [-0.25, -0.2) is 9.38 Å². The van der Waals surface area contributed by atoms with E-state index in [2.05, 4.69) is 15.9 Å². The van der Waals surface area contributed by atoms with Crippen LogP contribution in [0.3, 0.4) is 0 Å². The van der Waals surface area contributed by atoms with Crippen molar-refractivity contribution in [1.82, 2.24) is 4.90 Å². The van der Waals surface area contributed by atoms with Crippen molar-refractivity contribution in [3.8, 4) is 0 Å². The molecule has 4 nitrogen and oxygen atoms in total. The molecule has 1 aliphatic rings. The van der Waals surface area contributed by atoms with Crippen LogP contribution in [0.5, 0.6) is 0 Å². The Bertz CT molecular complexity index is 878. The lowest BCUT2D eigenvalue weighted by Gasteiger charge is -2.36. The molecule has 2 N–H and O–H groups in total. The molecule has 0 spiro atoms. The van der Waals surface area contributed by atoms with Gasteiger partial charge in [-0.1, -0.05) is 46.3 Å². The van der Waals surface area contributed by atoms with Crippen LogP contribution in [0.1, 0.15) is 24.8 Å². The summed E-state index contributed by atoms with van der Waals surface area (Å²) in [4.78, 5) is 19.2. The van der Waals surface area contributed by atoms with Gasteiger partial charge in [0.15, 0.2) is 0 Å². The number of hydrogen-bond donors (Lipinski definition) is 1. The summed E-state index contributed by atoms with van der Waals surface area (Å²) >= 11 is 3.43. The van der Waals surface area contributed by atoms with Crippen molar-refractivity contribution in [2.24, 2.45) is 10.7 Å². The number of nitrogens with two attached hydrogens (primary N) is 1. The van der Waals surface area contributed by atoms with E-state index in [-0.39, 0.29) is 24.1 Å². The zero-order valence-corrected chi connectivity index (χ0v) is 16.6. The highest BCUT2D eigenvalue weighted by Gasteiger charge is 2.37.